The molecule has 5 rings (SSSR count). The molecule has 0 radical (unpaired) electrons. The van der Waals surface area contributed by atoms with Gasteiger partial charge in [-0.1, -0.05) is 6.08 Å². The van der Waals surface area contributed by atoms with Crippen molar-refractivity contribution in [1.29, 1.82) is 0 Å². The molecule has 7 heteroatoms. The van der Waals surface area contributed by atoms with Crippen LogP contribution in [-0.2, 0) is 23.7 Å². The van der Waals surface area contributed by atoms with Crippen LogP contribution in [0, 0.1) is 17.8 Å². The highest BCUT2D eigenvalue weighted by molar-refractivity contribution is 8.12. The average Bonchev–Trinajstić information content (AvgIpc) is 2.87. The molecule has 102 valence electrons. The first kappa shape index (κ1) is 11.7. The fourth-order valence-electron chi connectivity index (χ4n) is 3.46. The Hall–Kier alpha value is -1.05. The molecule has 4 bridgehead atoms. The zero-order chi connectivity index (χ0) is 13.1. The minimum absolute atomic E-state index is 0.0406. The monoisotopic (exact) mass is 284 g/mol. The predicted octanol–water partition coefficient (Wildman–Crippen LogP) is 0.913. The highest BCUT2D eigenvalue weighted by Gasteiger charge is 2.66. The molecule has 4 aliphatic heterocycles. The van der Waals surface area contributed by atoms with E-state index in [2.05, 4.69) is 0 Å². The van der Waals surface area contributed by atoms with Crippen LogP contribution in [0.5, 0.6) is 0 Å². The maximum absolute atomic E-state index is 11.8. The third-order valence-electron chi connectivity index (χ3n) is 4.19. The van der Waals surface area contributed by atoms with Crippen LogP contribution in [0.2, 0.25) is 0 Å². The number of fused-ring (bicyclic) bond motifs is 1. The Balaban J connectivity index is 1.57. The summed E-state index contributed by atoms with van der Waals surface area (Å²) in [6, 6.07) is 0. The molecule has 4 heterocycles. The maximum atomic E-state index is 11.8. The van der Waals surface area contributed by atoms with Gasteiger partial charge in [0, 0.05) is 5.92 Å². The lowest BCUT2D eigenvalue weighted by Gasteiger charge is -2.43. The third-order valence-corrected chi connectivity index (χ3v) is 4.64. The molecular formula is C12H12O6S. The minimum Gasteiger partial charge on any atom is -0.453 e. The lowest BCUT2D eigenvalue weighted by molar-refractivity contribution is -0.301. The van der Waals surface area contributed by atoms with E-state index < -0.39 is 12.6 Å². The summed E-state index contributed by atoms with van der Waals surface area (Å²) in [7, 11) is 0. The summed E-state index contributed by atoms with van der Waals surface area (Å²) in [6.07, 6.45) is 2.43. The van der Waals surface area contributed by atoms with E-state index in [0.29, 0.717) is 0 Å². The molecule has 0 aromatic rings. The second-order valence-corrected chi connectivity index (χ2v) is 5.77. The lowest BCUT2D eigenvalue weighted by atomic mass is 9.77. The number of thioether (sulfide) groups is 1. The molecule has 4 saturated heterocycles. The van der Waals surface area contributed by atoms with Crippen molar-refractivity contribution in [2.24, 2.45) is 17.8 Å². The first-order valence-corrected chi connectivity index (χ1v) is 7.34. The van der Waals surface area contributed by atoms with Gasteiger partial charge in [0.05, 0.1) is 12.0 Å². The van der Waals surface area contributed by atoms with Gasteiger partial charge in [-0.2, -0.15) is 0 Å². The van der Waals surface area contributed by atoms with Crippen molar-refractivity contribution in [2.75, 3.05) is 12.9 Å². The van der Waals surface area contributed by atoms with Crippen molar-refractivity contribution in [2.45, 2.75) is 18.7 Å². The molecule has 1 aliphatic carbocycles. The van der Waals surface area contributed by atoms with Gasteiger partial charge in [-0.05, 0) is 23.6 Å². The molecule has 6 atom stereocenters. The zero-order valence-electron chi connectivity index (χ0n) is 10.1. The summed E-state index contributed by atoms with van der Waals surface area (Å²) in [6.45, 7) is 0.204. The Morgan fingerprint density at radius 1 is 1.37 bits per heavy atom. The van der Waals surface area contributed by atoms with E-state index in [1.54, 1.807) is 6.26 Å². The number of hydrogen-bond acceptors (Lipinski definition) is 7. The summed E-state index contributed by atoms with van der Waals surface area (Å²) in [5.74, 6) is -0.542. The van der Waals surface area contributed by atoms with Crippen LogP contribution in [0.3, 0.4) is 0 Å². The van der Waals surface area contributed by atoms with Gasteiger partial charge in [-0.25, -0.2) is 4.79 Å². The zero-order valence-corrected chi connectivity index (χ0v) is 10.9. The molecule has 0 aromatic heterocycles. The van der Waals surface area contributed by atoms with Gasteiger partial charge in [-0.3, -0.25) is 4.79 Å². The van der Waals surface area contributed by atoms with Gasteiger partial charge >= 0.3 is 11.3 Å². The largest absolute Gasteiger partial charge is 0.453 e. The first-order chi connectivity index (χ1) is 9.19. The SMILES string of the molecule is CSC(=O)OCC1=C[C@@H]2O[C@@H]3O[C@H]4OC(=O)[C@@H]3[C@@H]2[C@@H]14. The highest BCUT2D eigenvalue weighted by atomic mass is 32.2. The summed E-state index contributed by atoms with van der Waals surface area (Å²) in [4.78, 5) is 23.0. The molecular weight excluding hydrogens is 272 g/mol. The Morgan fingerprint density at radius 2 is 2.21 bits per heavy atom. The van der Waals surface area contributed by atoms with E-state index in [-0.39, 0.29) is 41.7 Å². The second-order valence-electron chi connectivity index (χ2n) is 5.02. The van der Waals surface area contributed by atoms with Gasteiger partial charge < -0.3 is 18.9 Å². The molecule has 0 aromatic carbocycles. The van der Waals surface area contributed by atoms with E-state index in [9.17, 15) is 9.59 Å². The number of carbonyl (C=O) groups is 2. The lowest BCUT2D eigenvalue weighted by Crippen LogP contribution is -2.55. The van der Waals surface area contributed by atoms with Crippen molar-refractivity contribution in [3.8, 4) is 0 Å². The number of carbonyl (C=O) groups excluding carboxylic acids is 2. The third kappa shape index (κ3) is 1.52. The highest BCUT2D eigenvalue weighted by Crippen LogP contribution is 2.56. The Labute approximate surface area is 113 Å². The van der Waals surface area contributed by atoms with Gasteiger partial charge in [0.1, 0.15) is 12.5 Å². The van der Waals surface area contributed by atoms with E-state index >= 15 is 0 Å². The van der Waals surface area contributed by atoms with Crippen molar-refractivity contribution in [1.82, 2.24) is 0 Å². The molecule has 5 aliphatic rings. The number of hydrogen-bond donors (Lipinski definition) is 0. The normalized spacial score (nSPS) is 45.1. The molecule has 4 fully saturated rings. The van der Waals surface area contributed by atoms with Crippen molar-refractivity contribution >= 4 is 23.0 Å². The van der Waals surface area contributed by atoms with Gasteiger partial charge in [0.15, 0.2) is 6.29 Å². The van der Waals surface area contributed by atoms with Crippen LogP contribution >= 0.6 is 11.8 Å². The average molecular weight is 284 g/mol. The molecule has 6 nitrogen and oxygen atoms in total. The van der Waals surface area contributed by atoms with Crippen LogP contribution in [0.1, 0.15) is 0 Å². The van der Waals surface area contributed by atoms with Gasteiger partial charge in [0.2, 0.25) is 6.29 Å². The Morgan fingerprint density at radius 3 is 3.00 bits per heavy atom. The smallest absolute Gasteiger partial charge is 0.367 e. The molecule has 0 unspecified atom stereocenters. The summed E-state index contributed by atoms with van der Waals surface area (Å²) in [5, 5.41) is -0.323. The van der Waals surface area contributed by atoms with Crippen molar-refractivity contribution in [3.05, 3.63) is 11.6 Å². The standard InChI is InChI=1S/C12H12O6S/c1-19-12(14)15-3-4-2-5-7-6(4)10-17-9(13)8(7)11(16-5)18-10/h2,5-8,10-11H,3H2,1H3/t5-,6+,7-,8-,10+,11+/m0/s1. The summed E-state index contributed by atoms with van der Waals surface area (Å²) < 4.78 is 21.7. The molecule has 0 saturated carbocycles. The van der Waals surface area contributed by atoms with Crippen LogP contribution in [0.15, 0.2) is 11.6 Å². The summed E-state index contributed by atoms with van der Waals surface area (Å²) in [5.41, 5.74) is 0.929. The van der Waals surface area contributed by atoms with Gasteiger partial charge in [-0.15, -0.1) is 0 Å². The molecule has 19 heavy (non-hydrogen) atoms. The van der Waals surface area contributed by atoms with E-state index in [4.69, 9.17) is 18.9 Å². The fourth-order valence-corrected chi connectivity index (χ4v) is 3.64. The van der Waals surface area contributed by atoms with Gasteiger partial charge in [0.25, 0.3) is 0 Å². The van der Waals surface area contributed by atoms with Crippen molar-refractivity contribution < 1.29 is 28.5 Å². The quantitative estimate of drug-likeness (QED) is 0.551. The molecule has 0 spiro atoms. The van der Waals surface area contributed by atoms with Crippen LogP contribution < -0.4 is 0 Å². The first-order valence-electron chi connectivity index (χ1n) is 6.12. The predicted molar refractivity (Wildman–Crippen MR) is 63.0 cm³/mol. The second kappa shape index (κ2) is 3.97. The molecule has 0 N–H and O–H groups in total. The van der Waals surface area contributed by atoms with Crippen LogP contribution in [0.4, 0.5) is 4.79 Å². The Kier molecular flexibility index (Phi) is 2.46. The number of rotatable bonds is 2. The van der Waals surface area contributed by atoms with Crippen LogP contribution in [0.25, 0.3) is 0 Å². The Bertz CT molecular complexity index is 489. The number of ether oxygens (including phenoxy) is 4. The van der Waals surface area contributed by atoms with E-state index in [1.165, 1.54) is 0 Å². The maximum Gasteiger partial charge on any atom is 0.367 e. The van der Waals surface area contributed by atoms with Crippen molar-refractivity contribution in [3.63, 3.8) is 0 Å². The van der Waals surface area contributed by atoms with E-state index in [1.807, 2.05) is 6.08 Å². The van der Waals surface area contributed by atoms with E-state index in [0.717, 1.165) is 17.3 Å². The topological polar surface area (TPSA) is 71.1 Å². The molecule has 0 amide bonds. The number of esters is 1. The summed E-state index contributed by atoms with van der Waals surface area (Å²) >= 11 is 1.03. The fraction of sp³-hybridized carbons (Fsp3) is 0.667. The minimum atomic E-state index is -0.598. The van der Waals surface area contributed by atoms with Crippen LogP contribution in [-0.4, -0.2) is 42.8 Å².